The Balaban J connectivity index is 2.42. The van der Waals surface area contributed by atoms with Crippen molar-refractivity contribution < 1.29 is 0 Å². The summed E-state index contributed by atoms with van der Waals surface area (Å²) in [5.74, 6) is 0. The Morgan fingerprint density at radius 2 is 2.17 bits per heavy atom. The number of aryl methyl sites for hydroxylation is 1. The van der Waals surface area contributed by atoms with Crippen molar-refractivity contribution in [2.45, 2.75) is 19.9 Å². The average molecular weight is 436 g/mol. The van der Waals surface area contributed by atoms with Gasteiger partial charge in [-0.15, -0.1) is 11.3 Å². The van der Waals surface area contributed by atoms with Crippen LogP contribution in [0.5, 0.6) is 0 Å². The van der Waals surface area contributed by atoms with Gasteiger partial charge in [-0.2, -0.15) is 0 Å². The lowest BCUT2D eigenvalue weighted by molar-refractivity contribution is 0.637. The first-order valence-electron chi connectivity index (χ1n) is 5.86. The van der Waals surface area contributed by atoms with Gasteiger partial charge in [0.15, 0.2) is 0 Å². The van der Waals surface area contributed by atoms with E-state index < -0.39 is 0 Å². The van der Waals surface area contributed by atoms with E-state index in [0.29, 0.717) is 0 Å². The molecule has 0 aliphatic heterocycles. The molecule has 0 fully saturated rings. The van der Waals surface area contributed by atoms with E-state index in [9.17, 15) is 0 Å². The standard InChI is InChI=1S/C14H15BrINS/c1-3-17-13(10-5-4-6-11(16)8-10)14-12(15)7-9(2)18-14/h4-8,13,17H,3H2,1-2H3. The largest absolute Gasteiger partial charge is 0.306 e. The second kappa shape index (κ2) is 6.50. The van der Waals surface area contributed by atoms with Crippen molar-refractivity contribution >= 4 is 49.9 Å². The summed E-state index contributed by atoms with van der Waals surface area (Å²) in [5.41, 5.74) is 1.33. The van der Waals surface area contributed by atoms with E-state index in [0.717, 1.165) is 6.54 Å². The minimum absolute atomic E-state index is 0.276. The third-order valence-electron chi connectivity index (χ3n) is 2.69. The smallest absolute Gasteiger partial charge is 0.0682 e. The first-order chi connectivity index (χ1) is 8.61. The lowest BCUT2D eigenvalue weighted by atomic mass is 10.1. The fourth-order valence-electron chi connectivity index (χ4n) is 1.95. The number of rotatable bonds is 4. The molecule has 2 rings (SSSR count). The van der Waals surface area contributed by atoms with Crippen molar-refractivity contribution in [3.8, 4) is 0 Å². The van der Waals surface area contributed by atoms with Crippen LogP contribution in [0.25, 0.3) is 0 Å². The molecule has 4 heteroatoms. The fraction of sp³-hybridized carbons (Fsp3) is 0.286. The zero-order valence-corrected chi connectivity index (χ0v) is 14.9. The number of halogens is 2. The molecule has 1 nitrogen and oxygen atoms in total. The normalized spacial score (nSPS) is 12.7. The number of nitrogens with one attached hydrogen (secondary N) is 1. The van der Waals surface area contributed by atoms with Crippen LogP contribution in [-0.4, -0.2) is 6.54 Å². The summed E-state index contributed by atoms with van der Waals surface area (Å²) >= 11 is 7.89. The summed E-state index contributed by atoms with van der Waals surface area (Å²) in [5, 5.41) is 3.57. The van der Waals surface area contributed by atoms with Crippen LogP contribution in [0.3, 0.4) is 0 Å². The molecule has 96 valence electrons. The lowest BCUT2D eigenvalue weighted by Gasteiger charge is -2.18. The van der Waals surface area contributed by atoms with Gasteiger partial charge in [0.1, 0.15) is 0 Å². The van der Waals surface area contributed by atoms with Gasteiger partial charge in [-0.3, -0.25) is 0 Å². The molecule has 1 N–H and O–H groups in total. The van der Waals surface area contributed by atoms with Gasteiger partial charge < -0.3 is 5.32 Å². The summed E-state index contributed by atoms with van der Waals surface area (Å²) < 4.78 is 2.48. The molecule has 1 aromatic heterocycles. The van der Waals surface area contributed by atoms with E-state index in [1.54, 1.807) is 0 Å². The maximum Gasteiger partial charge on any atom is 0.0682 e. The Labute approximate surface area is 134 Å². The Hall–Kier alpha value is 0.0900. The van der Waals surface area contributed by atoms with Gasteiger partial charge in [-0.05, 0) is 75.8 Å². The van der Waals surface area contributed by atoms with Crippen LogP contribution in [0, 0.1) is 10.5 Å². The van der Waals surface area contributed by atoms with Crippen molar-refractivity contribution in [1.29, 1.82) is 0 Å². The van der Waals surface area contributed by atoms with Gasteiger partial charge in [-0.1, -0.05) is 19.1 Å². The molecule has 0 aliphatic rings. The highest BCUT2D eigenvalue weighted by molar-refractivity contribution is 14.1. The van der Waals surface area contributed by atoms with Crippen LogP contribution >= 0.6 is 49.9 Å². The summed E-state index contributed by atoms with van der Waals surface area (Å²) in [4.78, 5) is 2.70. The summed E-state index contributed by atoms with van der Waals surface area (Å²) in [6.07, 6.45) is 0. The molecule has 1 aromatic carbocycles. The summed E-state index contributed by atoms with van der Waals surface area (Å²) in [6, 6.07) is 11.2. The first kappa shape index (κ1) is 14.5. The fourth-order valence-corrected chi connectivity index (χ4v) is 4.50. The highest BCUT2D eigenvalue weighted by Crippen LogP contribution is 2.35. The van der Waals surface area contributed by atoms with E-state index in [-0.39, 0.29) is 6.04 Å². The van der Waals surface area contributed by atoms with Gasteiger partial charge in [0, 0.05) is 17.8 Å². The van der Waals surface area contributed by atoms with E-state index in [1.807, 2.05) is 11.3 Å². The molecule has 0 aliphatic carbocycles. The van der Waals surface area contributed by atoms with Gasteiger partial charge in [-0.25, -0.2) is 0 Å². The maximum absolute atomic E-state index is 3.67. The topological polar surface area (TPSA) is 12.0 Å². The van der Waals surface area contributed by atoms with Crippen molar-refractivity contribution in [3.05, 3.63) is 53.7 Å². The highest BCUT2D eigenvalue weighted by atomic mass is 127. The van der Waals surface area contributed by atoms with E-state index in [4.69, 9.17) is 0 Å². The van der Waals surface area contributed by atoms with Gasteiger partial charge in [0.05, 0.1) is 6.04 Å². The minimum atomic E-state index is 0.276. The molecule has 2 aromatic rings. The predicted molar refractivity (Wildman–Crippen MR) is 91.4 cm³/mol. The Morgan fingerprint density at radius 1 is 1.39 bits per heavy atom. The molecular formula is C14H15BrINS. The number of hydrogen-bond acceptors (Lipinski definition) is 2. The van der Waals surface area contributed by atoms with Crippen LogP contribution in [0.1, 0.15) is 28.3 Å². The number of benzene rings is 1. The molecular weight excluding hydrogens is 421 g/mol. The van der Waals surface area contributed by atoms with Crippen LogP contribution in [0.4, 0.5) is 0 Å². The zero-order valence-electron chi connectivity index (χ0n) is 10.3. The lowest BCUT2D eigenvalue weighted by Crippen LogP contribution is -2.21. The van der Waals surface area contributed by atoms with E-state index >= 15 is 0 Å². The Kier molecular flexibility index (Phi) is 5.24. The SMILES string of the molecule is CCNC(c1cccc(I)c1)c1sc(C)cc1Br. The highest BCUT2D eigenvalue weighted by Gasteiger charge is 2.18. The Morgan fingerprint density at radius 3 is 2.72 bits per heavy atom. The molecule has 1 unspecified atom stereocenters. The van der Waals surface area contributed by atoms with Crippen molar-refractivity contribution in [3.63, 3.8) is 0 Å². The molecule has 0 amide bonds. The second-order valence-electron chi connectivity index (χ2n) is 4.11. The average Bonchev–Trinajstić information content (AvgIpc) is 2.65. The monoisotopic (exact) mass is 435 g/mol. The molecule has 0 spiro atoms. The molecule has 18 heavy (non-hydrogen) atoms. The van der Waals surface area contributed by atoms with Crippen molar-refractivity contribution in [1.82, 2.24) is 5.32 Å². The van der Waals surface area contributed by atoms with Crippen molar-refractivity contribution in [2.24, 2.45) is 0 Å². The molecule has 1 heterocycles. The molecule has 0 radical (unpaired) electrons. The summed E-state index contributed by atoms with van der Waals surface area (Å²) in [6.45, 7) is 5.26. The first-order valence-corrected chi connectivity index (χ1v) is 8.55. The summed E-state index contributed by atoms with van der Waals surface area (Å²) in [7, 11) is 0. The minimum Gasteiger partial charge on any atom is -0.306 e. The van der Waals surface area contributed by atoms with Gasteiger partial charge in [0.2, 0.25) is 0 Å². The van der Waals surface area contributed by atoms with E-state index in [1.165, 1.54) is 23.4 Å². The van der Waals surface area contributed by atoms with Crippen LogP contribution in [0.15, 0.2) is 34.8 Å². The maximum atomic E-state index is 3.67. The second-order valence-corrected chi connectivity index (χ2v) is 7.50. The Bertz CT molecular complexity index is 538. The third-order valence-corrected chi connectivity index (χ3v) is 5.39. The molecule has 0 bridgehead atoms. The van der Waals surface area contributed by atoms with Crippen LogP contribution < -0.4 is 5.32 Å². The van der Waals surface area contributed by atoms with Gasteiger partial charge in [0.25, 0.3) is 0 Å². The quantitative estimate of drug-likeness (QED) is 0.657. The molecule has 0 saturated heterocycles. The molecule has 1 atom stereocenters. The molecule has 0 saturated carbocycles. The zero-order chi connectivity index (χ0) is 13.1. The number of thiophene rings is 1. The predicted octanol–water partition coefficient (Wildman–Crippen LogP) is 5.12. The third kappa shape index (κ3) is 3.35. The van der Waals surface area contributed by atoms with Gasteiger partial charge >= 0.3 is 0 Å². The van der Waals surface area contributed by atoms with Crippen LogP contribution in [0.2, 0.25) is 0 Å². The van der Waals surface area contributed by atoms with Crippen molar-refractivity contribution in [2.75, 3.05) is 6.54 Å². The van der Waals surface area contributed by atoms with Crippen LogP contribution in [-0.2, 0) is 0 Å². The number of hydrogen-bond donors (Lipinski definition) is 1. The van der Waals surface area contributed by atoms with E-state index in [2.05, 4.69) is 88.0 Å².